The van der Waals surface area contributed by atoms with E-state index in [1.54, 1.807) is 7.11 Å². The third-order valence-corrected chi connectivity index (χ3v) is 2.78. The van der Waals surface area contributed by atoms with Crippen LogP contribution in [0.3, 0.4) is 0 Å². The fourth-order valence-electron chi connectivity index (χ4n) is 1.92. The van der Waals surface area contributed by atoms with E-state index in [-0.39, 0.29) is 0 Å². The first kappa shape index (κ1) is 11.7. The molecular weight excluding hydrogens is 174 g/mol. The lowest BCUT2D eigenvalue weighted by molar-refractivity contribution is 0.113. The van der Waals surface area contributed by atoms with Gasteiger partial charge >= 0.3 is 0 Å². The molecule has 2 nitrogen and oxygen atoms in total. The summed E-state index contributed by atoms with van der Waals surface area (Å²) in [5.41, 5.74) is 0. The molecule has 0 aromatic heterocycles. The lowest BCUT2D eigenvalue weighted by atomic mass is 10.2. The number of hydrogen-bond acceptors (Lipinski definition) is 2. The predicted octanol–water partition coefficient (Wildman–Crippen LogP) is 2.45. The Morgan fingerprint density at radius 3 is 3.07 bits per heavy atom. The van der Waals surface area contributed by atoms with E-state index < -0.39 is 0 Å². The molecule has 14 heavy (non-hydrogen) atoms. The van der Waals surface area contributed by atoms with Crippen LogP contribution in [0.2, 0.25) is 0 Å². The number of unbranched alkanes of at least 4 members (excludes halogenated alkanes) is 1. The molecule has 1 heterocycles. The molecule has 0 N–H and O–H groups in total. The van der Waals surface area contributed by atoms with Crippen LogP contribution in [0.5, 0.6) is 0 Å². The smallest absolute Gasteiger partial charge is 0.0653 e. The molecular formula is C12H23NO. The van der Waals surface area contributed by atoms with E-state index in [0.29, 0.717) is 6.04 Å². The molecule has 0 aromatic carbocycles. The summed E-state index contributed by atoms with van der Waals surface area (Å²) in [6.45, 7) is 5.52. The molecule has 1 aliphatic rings. The van der Waals surface area contributed by atoms with Crippen molar-refractivity contribution in [1.29, 1.82) is 0 Å². The van der Waals surface area contributed by atoms with Gasteiger partial charge in [0.2, 0.25) is 0 Å². The van der Waals surface area contributed by atoms with Crippen LogP contribution < -0.4 is 0 Å². The van der Waals surface area contributed by atoms with Gasteiger partial charge < -0.3 is 4.74 Å². The molecule has 1 unspecified atom stereocenters. The summed E-state index contributed by atoms with van der Waals surface area (Å²) in [4.78, 5) is 2.55. The highest BCUT2D eigenvalue weighted by Gasteiger charge is 2.16. The summed E-state index contributed by atoms with van der Waals surface area (Å²) >= 11 is 0. The minimum Gasteiger partial charge on any atom is -0.383 e. The molecule has 0 spiro atoms. The highest BCUT2D eigenvalue weighted by atomic mass is 16.5. The fourth-order valence-corrected chi connectivity index (χ4v) is 1.92. The van der Waals surface area contributed by atoms with E-state index in [2.05, 4.69) is 24.0 Å². The molecule has 1 atom stereocenters. The second-order valence-corrected chi connectivity index (χ2v) is 3.98. The Morgan fingerprint density at radius 1 is 1.50 bits per heavy atom. The summed E-state index contributed by atoms with van der Waals surface area (Å²) in [7, 11) is 1.79. The molecule has 0 saturated carbocycles. The fraction of sp³-hybridized carbons (Fsp3) is 0.833. The first-order chi connectivity index (χ1) is 6.88. The number of allylic oxidation sites excluding steroid dienone is 1. The number of nitrogens with zero attached hydrogens (tertiary/aromatic N) is 1. The average Bonchev–Trinajstić information content (AvgIpc) is 2.41. The summed E-state index contributed by atoms with van der Waals surface area (Å²) in [5, 5.41) is 0. The Morgan fingerprint density at radius 2 is 2.36 bits per heavy atom. The first-order valence-corrected chi connectivity index (χ1v) is 5.78. The quantitative estimate of drug-likeness (QED) is 0.628. The third kappa shape index (κ3) is 3.81. The lowest BCUT2D eigenvalue weighted by Gasteiger charge is -2.27. The van der Waals surface area contributed by atoms with Gasteiger partial charge in [-0.05, 0) is 32.4 Å². The van der Waals surface area contributed by atoms with Gasteiger partial charge in [-0.2, -0.15) is 0 Å². The number of methoxy groups -OCH3 is 1. The van der Waals surface area contributed by atoms with Gasteiger partial charge in [-0.1, -0.05) is 25.5 Å². The minimum absolute atomic E-state index is 0.508. The normalized spacial score (nSPS) is 23.7. The molecule has 82 valence electrons. The summed E-state index contributed by atoms with van der Waals surface area (Å²) < 4.78 is 5.25. The summed E-state index contributed by atoms with van der Waals surface area (Å²) in [6, 6.07) is 0.508. The number of ether oxygens (including phenoxy) is 1. The van der Waals surface area contributed by atoms with Gasteiger partial charge in [-0.15, -0.1) is 0 Å². The molecule has 1 rings (SSSR count). The molecule has 1 aliphatic heterocycles. The Labute approximate surface area is 87.9 Å². The molecule has 0 saturated heterocycles. The Balaban J connectivity index is 2.43. The van der Waals surface area contributed by atoms with Crippen LogP contribution in [-0.2, 0) is 4.74 Å². The first-order valence-electron chi connectivity index (χ1n) is 5.78. The van der Waals surface area contributed by atoms with Crippen molar-refractivity contribution in [3.05, 3.63) is 12.2 Å². The van der Waals surface area contributed by atoms with Crippen molar-refractivity contribution >= 4 is 0 Å². The maximum Gasteiger partial charge on any atom is 0.0653 e. The van der Waals surface area contributed by atoms with Crippen molar-refractivity contribution in [2.24, 2.45) is 0 Å². The topological polar surface area (TPSA) is 12.5 Å². The zero-order valence-electron chi connectivity index (χ0n) is 9.54. The van der Waals surface area contributed by atoms with E-state index in [1.807, 2.05) is 0 Å². The number of hydrogen-bond donors (Lipinski definition) is 0. The largest absolute Gasteiger partial charge is 0.383 e. The standard InChI is InChI=1S/C12H23NO/c1-3-4-9-13-10-7-5-6-8-12(13)11-14-2/h6,8,12H,3-5,7,9-11H2,1-2H3. The molecule has 0 radical (unpaired) electrons. The minimum atomic E-state index is 0.508. The third-order valence-electron chi connectivity index (χ3n) is 2.78. The summed E-state index contributed by atoms with van der Waals surface area (Å²) in [5.74, 6) is 0. The van der Waals surface area contributed by atoms with Crippen molar-refractivity contribution in [1.82, 2.24) is 4.90 Å². The average molecular weight is 197 g/mol. The second kappa shape index (κ2) is 7.02. The van der Waals surface area contributed by atoms with Gasteiger partial charge in [-0.25, -0.2) is 0 Å². The molecule has 0 aliphatic carbocycles. The van der Waals surface area contributed by atoms with Gasteiger partial charge in [0.15, 0.2) is 0 Å². The van der Waals surface area contributed by atoms with Crippen LogP contribution in [0.15, 0.2) is 12.2 Å². The lowest BCUT2D eigenvalue weighted by Crippen LogP contribution is -2.37. The maximum absolute atomic E-state index is 5.25. The van der Waals surface area contributed by atoms with E-state index in [9.17, 15) is 0 Å². The molecule has 0 amide bonds. The zero-order valence-corrected chi connectivity index (χ0v) is 9.54. The Kier molecular flexibility index (Phi) is 5.88. The van der Waals surface area contributed by atoms with E-state index in [4.69, 9.17) is 4.74 Å². The highest BCUT2D eigenvalue weighted by molar-refractivity contribution is 4.97. The van der Waals surface area contributed by atoms with Crippen molar-refractivity contribution < 1.29 is 4.74 Å². The Bertz CT molecular complexity index is 168. The molecule has 2 heteroatoms. The molecule has 0 bridgehead atoms. The van der Waals surface area contributed by atoms with Crippen molar-refractivity contribution in [2.75, 3.05) is 26.8 Å². The van der Waals surface area contributed by atoms with Crippen LogP contribution in [0.1, 0.15) is 32.6 Å². The van der Waals surface area contributed by atoms with Gasteiger partial charge in [0.25, 0.3) is 0 Å². The summed E-state index contributed by atoms with van der Waals surface area (Å²) in [6.07, 6.45) is 9.71. The zero-order chi connectivity index (χ0) is 10.2. The van der Waals surface area contributed by atoms with Gasteiger partial charge in [0.1, 0.15) is 0 Å². The van der Waals surface area contributed by atoms with Gasteiger partial charge in [0.05, 0.1) is 12.6 Å². The van der Waals surface area contributed by atoms with Crippen LogP contribution in [0.4, 0.5) is 0 Å². The van der Waals surface area contributed by atoms with Gasteiger partial charge in [0, 0.05) is 7.11 Å². The molecule has 0 aromatic rings. The van der Waals surface area contributed by atoms with Crippen LogP contribution in [-0.4, -0.2) is 37.7 Å². The van der Waals surface area contributed by atoms with Crippen LogP contribution >= 0.6 is 0 Å². The van der Waals surface area contributed by atoms with Crippen molar-refractivity contribution in [3.63, 3.8) is 0 Å². The maximum atomic E-state index is 5.25. The van der Waals surface area contributed by atoms with E-state index in [0.717, 1.165) is 6.61 Å². The van der Waals surface area contributed by atoms with Gasteiger partial charge in [-0.3, -0.25) is 4.90 Å². The second-order valence-electron chi connectivity index (χ2n) is 3.98. The van der Waals surface area contributed by atoms with Crippen LogP contribution in [0, 0.1) is 0 Å². The molecule has 0 fully saturated rings. The van der Waals surface area contributed by atoms with E-state index in [1.165, 1.54) is 38.8 Å². The predicted molar refractivity (Wildman–Crippen MR) is 60.5 cm³/mol. The SMILES string of the molecule is CCCCN1CCCC=CC1COC. The van der Waals surface area contributed by atoms with Crippen LogP contribution in [0.25, 0.3) is 0 Å². The Hall–Kier alpha value is -0.340. The monoisotopic (exact) mass is 197 g/mol. The van der Waals surface area contributed by atoms with E-state index >= 15 is 0 Å². The number of rotatable bonds is 5. The highest BCUT2D eigenvalue weighted by Crippen LogP contribution is 2.11. The van der Waals surface area contributed by atoms with Crippen molar-refractivity contribution in [3.8, 4) is 0 Å². The van der Waals surface area contributed by atoms with Crippen molar-refractivity contribution in [2.45, 2.75) is 38.6 Å².